The molecule has 0 saturated heterocycles. The van der Waals surface area contributed by atoms with E-state index in [9.17, 15) is 9.59 Å². The van der Waals surface area contributed by atoms with Gasteiger partial charge in [-0.2, -0.15) is 0 Å². The molecule has 5 nitrogen and oxygen atoms in total. The summed E-state index contributed by atoms with van der Waals surface area (Å²) in [5.41, 5.74) is 2.96. The molecule has 2 aromatic carbocycles. The number of carbonyl (C=O) groups is 2. The molecular formula is C39H48FN3O2. The predicted molar refractivity (Wildman–Crippen MR) is 175 cm³/mol. The van der Waals surface area contributed by atoms with Crippen molar-refractivity contribution in [1.82, 2.24) is 15.2 Å². The number of benzene rings is 2. The molecule has 6 fully saturated rings. The molecule has 6 aliphatic rings. The third-order valence-electron chi connectivity index (χ3n) is 13.1. The summed E-state index contributed by atoms with van der Waals surface area (Å²) in [5.74, 6) is 2.23. The lowest BCUT2D eigenvalue weighted by Crippen LogP contribution is -2.66. The van der Waals surface area contributed by atoms with E-state index in [1.54, 1.807) is 12.1 Å². The Labute approximate surface area is 266 Å². The molecule has 1 heterocycles. The Morgan fingerprint density at radius 1 is 0.933 bits per heavy atom. The molecule has 2 amide bonds. The van der Waals surface area contributed by atoms with Crippen LogP contribution in [-0.4, -0.2) is 32.8 Å². The molecule has 0 radical (unpaired) electrons. The van der Waals surface area contributed by atoms with Crippen LogP contribution in [-0.2, 0) is 16.1 Å². The predicted octanol–water partition coefficient (Wildman–Crippen LogP) is 8.17. The third kappa shape index (κ3) is 4.76. The quantitative estimate of drug-likeness (QED) is 0.271. The number of aryl methyl sites for hydroxylation is 1. The monoisotopic (exact) mass is 609 g/mol. The number of para-hydroxylation sites is 1. The van der Waals surface area contributed by atoms with Crippen LogP contribution in [0.15, 0.2) is 48.5 Å². The molecule has 1 aromatic heterocycles. The molecule has 2 atom stereocenters. The second kappa shape index (κ2) is 10.4. The van der Waals surface area contributed by atoms with Crippen LogP contribution in [0.1, 0.15) is 107 Å². The van der Waals surface area contributed by atoms with Crippen molar-refractivity contribution in [2.45, 2.75) is 115 Å². The number of nitrogens with zero attached hydrogens (tertiary/aromatic N) is 1. The third-order valence-corrected chi connectivity index (χ3v) is 13.1. The number of carbonyl (C=O) groups excluding carboxylic acids is 2. The van der Waals surface area contributed by atoms with Gasteiger partial charge in [-0.1, -0.05) is 63.1 Å². The molecule has 9 rings (SSSR count). The van der Waals surface area contributed by atoms with Crippen molar-refractivity contribution in [2.75, 3.05) is 0 Å². The Kier molecular flexibility index (Phi) is 6.79. The van der Waals surface area contributed by atoms with E-state index in [1.165, 1.54) is 36.3 Å². The molecular weight excluding hydrogens is 561 g/mol. The zero-order valence-corrected chi connectivity index (χ0v) is 27.1. The molecule has 6 saturated carbocycles. The highest BCUT2D eigenvalue weighted by molar-refractivity contribution is 5.93. The van der Waals surface area contributed by atoms with Gasteiger partial charge in [0.1, 0.15) is 11.4 Å². The highest BCUT2D eigenvalue weighted by Gasteiger charge is 2.61. The molecule has 0 unspecified atom stereocenters. The summed E-state index contributed by atoms with van der Waals surface area (Å²) in [4.78, 5) is 34.9. The van der Waals surface area contributed by atoms with Crippen molar-refractivity contribution < 1.29 is 14.0 Å². The summed E-state index contributed by atoms with van der Waals surface area (Å²) in [7, 11) is 0. The normalized spacial score (nSPS) is 32.1. The van der Waals surface area contributed by atoms with Gasteiger partial charge < -0.3 is 15.2 Å². The summed E-state index contributed by atoms with van der Waals surface area (Å²) in [6, 6.07) is 15.2. The zero-order valence-electron chi connectivity index (χ0n) is 27.1. The fraction of sp³-hybridized carbons (Fsp3) is 0.590. The fourth-order valence-corrected chi connectivity index (χ4v) is 11.2. The van der Waals surface area contributed by atoms with E-state index in [0.717, 1.165) is 43.3 Å². The van der Waals surface area contributed by atoms with E-state index in [-0.39, 0.29) is 47.0 Å². The number of nitrogens with one attached hydrogen (secondary N) is 2. The van der Waals surface area contributed by atoms with Crippen molar-refractivity contribution in [3.63, 3.8) is 0 Å². The topological polar surface area (TPSA) is 65.2 Å². The number of hydrogen-bond donors (Lipinski definition) is 2. The number of H-pyrrole nitrogens is 1. The Balaban J connectivity index is 1.11. The van der Waals surface area contributed by atoms with E-state index in [2.05, 4.69) is 55.3 Å². The second-order valence-electron chi connectivity index (χ2n) is 16.3. The van der Waals surface area contributed by atoms with Crippen molar-refractivity contribution in [1.29, 1.82) is 0 Å². The number of aromatic nitrogens is 1. The molecule has 4 bridgehead atoms. The number of aromatic amines is 1. The molecule has 238 valence electrons. The van der Waals surface area contributed by atoms with Crippen LogP contribution in [0.2, 0.25) is 0 Å². The average molecular weight is 610 g/mol. The Hall–Kier alpha value is -3.15. The lowest BCUT2D eigenvalue weighted by atomic mass is 9.53. The maximum atomic E-state index is 15.2. The molecule has 2 N–H and O–H groups in total. The van der Waals surface area contributed by atoms with Gasteiger partial charge in [0.25, 0.3) is 0 Å². The Bertz CT molecular complexity index is 1610. The zero-order chi connectivity index (χ0) is 31.1. The summed E-state index contributed by atoms with van der Waals surface area (Å²) < 4.78 is 15.2. The minimum Gasteiger partial charge on any atom is -0.358 e. The molecule has 0 aliphatic heterocycles. The lowest BCUT2D eigenvalue weighted by molar-refractivity contribution is -0.152. The van der Waals surface area contributed by atoms with Gasteiger partial charge in [-0.15, -0.1) is 0 Å². The summed E-state index contributed by atoms with van der Waals surface area (Å²) in [6.45, 7) is 6.80. The number of amides is 2. The van der Waals surface area contributed by atoms with E-state index < -0.39 is 5.54 Å². The maximum absolute atomic E-state index is 15.2. The van der Waals surface area contributed by atoms with E-state index in [1.807, 2.05) is 11.0 Å². The van der Waals surface area contributed by atoms with Crippen LogP contribution in [0.3, 0.4) is 0 Å². The van der Waals surface area contributed by atoms with Crippen LogP contribution < -0.4 is 5.32 Å². The highest BCUT2D eigenvalue weighted by Crippen LogP contribution is 2.67. The second-order valence-corrected chi connectivity index (χ2v) is 16.3. The standard InChI is InChI=1S/C39H48FN3O2/c1-24-34(29-11-5-7-13-32(29)41-24)35-30(37(35,2)3)19-33(44)43(23-28-10-4-6-12-31(28)40)39(14-8-9-15-39)36(45)42-38-20-25-16-26(21-38)18-27(17-25)22-38/h4-7,10-13,25-27,30,35,41H,8-9,14-23H2,1-3H3,(H,42,45)/t25?,26?,27?,30-,35-,38?/m1/s1. The number of rotatable bonds is 8. The molecule has 6 aliphatic carbocycles. The first-order valence-corrected chi connectivity index (χ1v) is 17.5. The number of halogens is 1. The molecule has 6 heteroatoms. The van der Waals surface area contributed by atoms with Crippen LogP contribution >= 0.6 is 0 Å². The van der Waals surface area contributed by atoms with E-state index in [4.69, 9.17) is 0 Å². The maximum Gasteiger partial charge on any atom is 0.246 e. The first-order chi connectivity index (χ1) is 21.6. The van der Waals surface area contributed by atoms with Crippen molar-refractivity contribution in [3.05, 3.63) is 71.2 Å². The smallest absolute Gasteiger partial charge is 0.246 e. The van der Waals surface area contributed by atoms with Crippen molar-refractivity contribution in [3.8, 4) is 0 Å². The van der Waals surface area contributed by atoms with Gasteiger partial charge in [-0.05, 0) is 111 Å². The van der Waals surface area contributed by atoms with Crippen LogP contribution in [0, 0.1) is 41.8 Å². The van der Waals surface area contributed by atoms with Crippen LogP contribution in [0.25, 0.3) is 10.9 Å². The summed E-state index contributed by atoms with van der Waals surface area (Å²) in [5, 5.41) is 4.89. The van der Waals surface area contributed by atoms with Crippen molar-refractivity contribution in [2.24, 2.45) is 29.1 Å². The first-order valence-electron chi connectivity index (χ1n) is 17.5. The van der Waals surface area contributed by atoms with Crippen LogP contribution in [0.5, 0.6) is 0 Å². The lowest BCUT2D eigenvalue weighted by Gasteiger charge is -2.57. The van der Waals surface area contributed by atoms with E-state index in [0.29, 0.717) is 42.6 Å². The van der Waals surface area contributed by atoms with Gasteiger partial charge in [0.15, 0.2) is 0 Å². The molecule has 3 aromatic rings. The fourth-order valence-electron chi connectivity index (χ4n) is 11.2. The Morgan fingerprint density at radius 2 is 1.56 bits per heavy atom. The van der Waals surface area contributed by atoms with Gasteiger partial charge in [0.2, 0.25) is 11.8 Å². The van der Waals surface area contributed by atoms with Gasteiger partial charge in [-0.3, -0.25) is 9.59 Å². The van der Waals surface area contributed by atoms with Gasteiger partial charge in [0.05, 0.1) is 0 Å². The SMILES string of the molecule is Cc1[nH]c2ccccc2c1[C@H]1[C@@H](CC(=O)N(Cc2ccccc2F)C2(C(=O)NC34CC5CC(CC(C5)C3)C4)CCCC2)C1(C)C. The van der Waals surface area contributed by atoms with E-state index >= 15 is 4.39 Å². The van der Waals surface area contributed by atoms with Crippen molar-refractivity contribution >= 4 is 22.7 Å². The molecule has 0 spiro atoms. The molecule has 45 heavy (non-hydrogen) atoms. The highest BCUT2D eigenvalue weighted by atomic mass is 19.1. The summed E-state index contributed by atoms with van der Waals surface area (Å²) in [6.07, 6.45) is 10.6. The average Bonchev–Trinajstić information content (AvgIpc) is 3.33. The van der Waals surface area contributed by atoms with Gasteiger partial charge >= 0.3 is 0 Å². The van der Waals surface area contributed by atoms with Crippen LogP contribution in [0.4, 0.5) is 4.39 Å². The minimum absolute atomic E-state index is 0.0149. The summed E-state index contributed by atoms with van der Waals surface area (Å²) >= 11 is 0. The first kappa shape index (κ1) is 29.3. The Morgan fingerprint density at radius 3 is 2.22 bits per heavy atom. The van der Waals surface area contributed by atoms with Gasteiger partial charge in [-0.25, -0.2) is 4.39 Å². The number of hydrogen-bond acceptors (Lipinski definition) is 2. The largest absolute Gasteiger partial charge is 0.358 e. The number of fused-ring (bicyclic) bond motifs is 1. The minimum atomic E-state index is -0.937. The van der Waals surface area contributed by atoms with Gasteiger partial charge in [0, 0.05) is 40.7 Å².